The van der Waals surface area contributed by atoms with Crippen molar-refractivity contribution in [1.82, 2.24) is 9.97 Å². The number of carbonyl (C=O) groups excluding carboxylic acids is 1. The van der Waals surface area contributed by atoms with E-state index in [1.165, 1.54) is 17.5 Å². The molecular weight excluding hydrogens is 296 g/mol. The highest BCUT2D eigenvalue weighted by molar-refractivity contribution is 7.17. The van der Waals surface area contributed by atoms with Gasteiger partial charge in [-0.3, -0.25) is 4.79 Å². The fraction of sp³-hybridized carbons (Fsp3) is 0.118. The molecule has 22 heavy (non-hydrogen) atoms. The molecule has 2 heterocycles. The number of benzene rings is 1. The van der Waals surface area contributed by atoms with E-state index in [9.17, 15) is 9.59 Å². The van der Waals surface area contributed by atoms with Gasteiger partial charge < -0.3 is 4.98 Å². The molecule has 0 bridgehead atoms. The molecule has 0 atom stereocenters. The van der Waals surface area contributed by atoms with Crippen LogP contribution in [0.2, 0.25) is 0 Å². The van der Waals surface area contributed by atoms with Crippen LogP contribution >= 0.6 is 11.3 Å². The molecular formula is C17H14N2O2S. The molecule has 0 aliphatic heterocycles. The van der Waals surface area contributed by atoms with Gasteiger partial charge in [-0.05, 0) is 24.6 Å². The van der Waals surface area contributed by atoms with Crippen molar-refractivity contribution in [3.05, 3.63) is 75.3 Å². The SMILES string of the molecule is Cc1cccc(CC(=O)c2ccc(-c3cnc(=O)[nH]c3)s2)c1. The van der Waals surface area contributed by atoms with Crippen molar-refractivity contribution < 1.29 is 4.79 Å². The van der Waals surface area contributed by atoms with Crippen molar-refractivity contribution in [1.29, 1.82) is 0 Å². The summed E-state index contributed by atoms with van der Waals surface area (Å²) in [5.41, 5.74) is 2.59. The van der Waals surface area contributed by atoms with Crippen LogP contribution in [0.15, 0.2) is 53.6 Å². The number of nitrogens with one attached hydrogen (secondary N) is 1. The van der Waals surface area contributed by atoms with E-state index in [0.29, 0.717) is 11.3 Å². The highest BCUT2D eigenvalue weighted by Crippen LogP contribution is 2.27. The van der Waals surface area contributed by atoms with Crippen LogP contribution < -0.4 is 5.69 Å². The summed E-state index contributed by atoms with van der Waals surface area (Å²) in [5, 5.41) is 0. The first kappa shape index (κ1) is 14.4. The average molecular weight is 310 g/mol. The molecule has 0 amide bonds. The molecule has 1 N–H and O–H groups in total. The molecule has 0 saturated heterocycles. The molecule has 0 fully saturated rings. The number of hydrogen-bond acceptors (Lipinski definition) is 4. The molecule has 110 valence electrons. The number of Topliss-reactive ketones (excluding diaryl/α,β-unsaturated/α-hetero) is 1. The molecule has 0 aliphatic rings. The van der Waals surface area contributed by atoms with Crippen molar-refractivity contribution >= 4 is 17.1 Å². The first-order valence-corrected chi connectivity index (χ1v) is 7.67. The van der Waals surface area contributed by atoms with Gasteiger partial charge in [-0.15, -0.1) is 11.3 Å². The largest absolute Gasteiger partial charge is 0.344 e. The number of ketones is 1. The first-order chi connectivity index (χ1) is 10.6. The lowest BCUT2D eigenvalue weighted by Crippen LogP contribution is -2.07. The number of aromatic nitrogens is 2. The third kappa shape index (κ3) is 3.20. The van der Waals surface area contributed by atoms with Crippen molar-refractivity contribution in [2.75, 3.05) is 0 Å². The van der Waals surface area contributed by atoms with Crippen LogP contribution in [0.4, 0.5) is 0 Å². The Morgan fingerprint density at radius 3 is 2.86 bits per heavy atom. The zero-order valence-corrected chi connectivity index (χ0v) is 12.8. The number of carbonyl (C=O) groups is 1. The Balaban J connectivity index is 1.79. The Kier molecular flexibility index (Phi) is 3.98. The molecule has 5 heteroatoms. The summed E-state index contributed by atoms with van der Waals surface area (Å²) in [6, 6.07) is 11.7. The minimum atomic E-state index is -0.379. The molecule has 3 rings (SSSR count). The maximum Gasteiger partial charge on any atom is 0.344 e. The monoisotopic (exact) mass is 310 g/mol. The van der Waals surface area contributed by atoms with Crippen LogP contribution in [0.5, 0.6) is 0 Å². The lowest BCUT2D eigenvalue weighted by molar-refractivity contribution is 0.0997. The van der Waals surface area contributed by atoms with Crippen LogP contribution in [0.1, 0.15) is 20.8 Å². The maximum absolute atomic E-state index is 12.4. The second kappa shape index (κ2) is 6.07. The summed E-state index contributed by atoms with van der Waals surface area (Å²) < 4.78 is 0. The van der Waals surface area contributed by atoms with E-state index in [1.54, 1.807) is 6.20 Å². The summed E-state index contributed by atoms with van der Waals surface area (Å²) in [7, 11) is 0. The van der Waals surface area contributed by atoms with Gasteiger partial charge in [0.25, 0.3) is 0 Å². The highest BCUT2D eigenvalue weighted by atomic mass is 32.1. The Labute approximate surface area is 131 Å². The summed E-state index contributed by atoms with van der Waals surface area (Å²) >= 11 is 1.41. The summed E-state index contributed by atoms with van der Waals surface area (Å²) in [6.45, 7) is 2.01. The van der Waals surface area contributed by atoms with Gasteiger partial charge in [0.05, 0.1) is 4.88 Å². The van der Waals surface area contributed by atoms with E-state index in [1.807, 2.05) is 43.3 Å². The van der Waals surface area contributed by atoms with Crippen molar-refractivity contribution in [2.45, 2.75) is 13.3 Å². The van der Waals surface area contributed by atoms with Gasteiger partial charge in [0.15, 0.2) is 5.78 Å². The van der Waals surface area contributed by atoms with Gasteiger partial charge >= 0.3 is 5.69 Å². The lowest BCUT2D eigenvalue weighted by atomic mass is 10.1. The van der Waals surface area contributed by atoms with Gasteiger partial charge in [0.1, 0.15) is 0 Å². The number of nitrogens with zero attached hydrogens (tertiary/aromatic N) is 1. The van der Waals surface area contributed by atoms with Crippen LogP contribution in [0.3, 0.4) is 0 Å². The van der Waals surface area contributed by atoms with Gasteiger partial charge in [-0.1, -0.05) is 29.8 Å². The average Bonchev–Trinajstić information content (AvgIpc) is 2.98. The van der Waals surface area contributed by atoms with Crippen molar-refractivity contribution in [3.63, 3.8) is 0 Å². The Hall–Kier alpha value is -2.53. The molecule has 4 nitrogen and oxygen atoms in total. The van der Waals surface area contributed by atoms with Gasteiger partial charge in [0, 0.05) is 29.3 Å². The fourth-order valence-electron chi connectivity index (χ4n) is 2.21. The third-order valence-electron chi connectivity index (χ3n) is 3.28. The fourth-order valence-corrected chi connectivity index (χ4v) is 3.14. The summed E-state index contributed by atoms with van der Waals surface area (Å²) in [4.78, 5) is 31.2. The van der Waals surface area contributed by atoms with Gasteiger partial charge in [-0.2, -0.15) is 0 Å². The number of thiophene rings is 1. The summed E-state index contributed by atoms with van der Waals surface area (Å²) in [5.74, 6) is 0.0965. The van der Waals surface area contributed by atoms with Gasteiger partial charge in [0.2, 0.25) is 0 Å². The number of H-pyrrole nitrogens is 1. The number of hydrogen-bond donors (Lipinski definition) is 1. The predicted molar refractivity (Wildman–Crippen MR) is 87.4 cm³/mol. The second-order valence-electron chi connectivity index (χ2n) is 5.06. The van der Waals surface area contributed by atoms with Crippen LogP contribution in [-0.4, -0.2) is 15.8 Å². The first-order valence-electron chi connectivity index (χ1n) is 6.85. The highest BCUT2D eigenvalue weighted by Gasteiger charge is 2.11. The van der Waals surface area contributed by atoms with Crippen molar-refractivity contribution in [2.24, 2.45) is 0 Å². The van der Waals surface area contributed by atoms with E-state index in [2.05, 4.69) is 9.97 Å². The third-order valence-corrected chi connectivity index (χ3v) is 4.46. The Bertz CT molecular complexity index is 860. The maximum atomic E-state index is 12.4. The number of rotatable bonds is 4. The molecule has 0 aliphatic carbocycles. The van der Waals surface area contributed by atoms with Crippen LogP contribution in [-0.2, 0) is 6.42 Å². The zero-order valence-electron chi connectivity index (χ0n) is 12.0. The topological polar surface area (TPSA) is 62.8 Å². The molecule has 2 aromatic heterocycles. The standard InChI is InChI=1S/C17H14N2O2S/c1-11-3-2-4-12(7-11)8-14(20)16-6-5-15(22-16)13-9-18-17(21)19-10-13/h2-7,9-10H,8H2,1H3,(H,18,19,21). The van der Waals surface area contributed by atoms with E-state index < -0.39 is 0 Å². The normalized spacial score (nSPS) is 10.6. The van der Waals surface area contributed by atoms with Crippen LogP contribution in [0.25, 0.3) is 10.4 Å². The summed E-state index contributed by atoms with van der Waals surface area (Å²) in [6.07, 6.45) is 3.51. The molecule has 0 radical (unpaired) electrons. The molecule has 3 aromatic rings. The van der Waals surface area contributed by atoms with Gasteiger partial charge in [-0.25, -0.2) is 9.78 Å². The van der Waals surface area contributed by atoms with E-state index >= 15 is 0 Å². The lowest BCUT2D eigenvalue weighted by Gasteiger charge is -2.00. The molecule has 0 spiro atoms. The molecule has 0 saturated carbocycles. The smallest absolute Gasteiger partial charge is 0.312 e. The van der Waals surface area contributed by atoms with E-state index in [0.717, 1.165) is 21.6 Å². The zero-order chi connectivity index (χ0) is 15.5. The second-order valence-corrected chi connectivity index (χ2v) is 6.14. The van der Waals surface area contributed by atoms with Crippen LogP contribution in [0, 0.1) is 6.92 Å². The van der Waals surface area contributed by atoms with E-state index in [4.69, 9.17) is 0 Å². The quantitative estimate of drug-likeness (QED) is 0.753. The Morgan fingerprint density at radius 1 is 1.27 bits per heavy atom. The van der Waals surface area contributed by atoms with Crippen molar-refractivity contribution in [3.8, 4) is 10.4 Å². The molecule has 0 unspecified atom stereocenters. The number of aryl methyl sites for hydroxylation is 1. The van der Waals surface area contributed by atoms with E-state index in [-0.39, 0.29) is 11.5 Å². The predicted octanol–water partition coefficient (Wildman–Crippen LogP) is 3.23. The minimum absolute atomic E-state index is 0.0965. The molecule has 1 aromatic carbocycles. The number of aromatic amines is 1. The Morgan fingerprint density at radius 2 is 2.14 bits per heavy atom. The minimum Gasteiger partial charge on any atom is -0.312 e.